The summed E-state index contributed by atoms with van der Waals surface area (Å²) in [5.74, 6) is 0.600. The molecule has 182 valence electrons. The zero-order valence-corrected chi connectivity index (χ0v) is 20.0. The van der Waals surface area contributed by atoms with Crippen molar-refractivity contribution in [1.82, 2.24) is 24.0 Å². The Kier molecular flexibility index (Phi) is 6.27. The van der Waals surface area contributed by atoms with Crippen molar-refractivity contribution in [2.75, 3.05) is 31.1 Å². The van der Waals surface area contributed by atoms with Crippen LogP contribution in [0.25, 0.3) is 11.2 Å². The fraction of sp³-hybridized carbons (Fsp3) is 0.346. The molecular formula is C26H30N6O3. The number of imidazole rings is 1. The van der Waals surface area contributed by atoms with E-state index in [0.717, 1.165) is 13.1 Å². The third-order valence-corrected chi connectivity index (χ3v) is 6.63. The van der Waals surface area contributed by atoms with Gasteiger partial charge in [-0.25, -0.2) is 4.79 Å². The summed E-state index contributed by atoms with van der Waals surface area (Å²) >= 11 is 0. The van der Waals surface area contributed by atoms with Gasteiger partial charge in [-0.2, -0.15) is 4.98 Å². The minimum absolute atomic E-state index is 0.138. The van der Waals surface area contributed by atoms with Crippen LogP contribution in [0.4, 0.5) is 5.95 Å². The third kappa shape index (κ3) is 4.40. The minimum atomic E-state index is -0.676. The number of nitrogens with zero attached hydrogens (tertiary/aromatic N) is 5. The Morgan fingerprint density at radius 3 is 2.06 bits per heavy atom. The summed E-state index contributed by atoms with van der Waals surface area (Å²) in [4.78, 5) is 36.5. The lowest BCUT2D eigenvalue weighted by atomic mass is 9.96. The van der Waals surface area contributed by atoms with Crippen molar-refractivity contribution in [2.45, 2.75) is 25.6 Å². The van der Waals surface area contributed by atoms with Crippen molar-refractivity contribution in [2.24, 2.45) is 7.05 Å². The largest absolute Gasteiger partial charge is 0.392 e. The fourth-order valence-electron chi connectivity index (χ4n) is 4.97. The van der Waals surface area contributed by atoms with Gasteiger partial charge in [0, 0.05) is 33.2 Å². The molecule has 3 heterocycles. The average molecular weight is 475 g/mol. The number of benzene rings is 2. The van der Waals surface area contributed by atoms with E-state index in [1.54, 1.807) is 18.5 Å². The van der Waals surface area contributed by atoms with Crippen LogP contribution < -0.4 is 16.1 Å². The number of H-pyrrole nitrogens is 1. The highest BCUT2D eigenvalue weighted by atomic mass is 16.3. The molecule has 2 N–H and O–H groups in total. The lowest BCUT2D eigenvalue weighted by Crippen LogP contribution is -2.48. The van der Waals surface area contributed by atoms with Crippen LogP contribution in [0.3, 0.4) is 0 Å². The Bertz CT molecular complexity index is 1380. The Hall–Kier alpha value is -3.69. The number of aliphatic hydroxyl groups is 1. The number of fused-ring (bicyclic) bond motifs is 1. The summed E-state index contributed by atoms with van der Waals surface area (Å²) in [6, 6.07) is 21.2. The van der Waals surface area contributed by atoms with Crippen LogP contribution in [-0.4, -0.2) is 61.4 Å². The third-order valence-electron chi connectivity index (χ3n) is 6.63. The van der Waals surface area contributed by atoms with Gasteiger partial charge >= 0.3 is 5.69 Å². The molecule has 0 bridgehead atoms. The van der Waals surface area contributed by atoms with Gasteiger partial charge in [0.15, 0.2) is 11.2 Å². The highest BCUT2D eigenvalue weighted by Crippen LogP contribution is 2.30. The van der Waals surface area contributed by atoms with Crippen LogP contribution in [-0.2, 0) is 13.6 Å². The van der Waals surface area contributed by atoms with Gasteiger partial charge in [-0.1, -0.05) is 60.7 Å². The molecule has 0 spiro atoms. The first-order valence-electron chi connectivity index (χ1n) is 11.9. The molecule has 2 aromatic carbocycles. The van der Waals surface area contributed by atoms with E-state index in [9.17, 15) is 14.7 Å². The number of aromatic amines is 1. The molecule has 1 unspecified atom stereocenters. The van der Waals surface area contributed by atoms with Crippen molar-refractivity contribution in [3.63, 3.8) is 0 Å². The van der Waals surface area contributed by atoms with Gasteiger partial charge in [0.25, 0.3) is 5.56 Å². The van der Waals surface area contributed by atoms with E-state index in [1.165, 1.54) is 15.7 Å². The minimum Gasteiger partial charge on any atom is -0.392 e. The average Bonchev–Trinajstić information content (AvgIpc) is 3.24. The van der Waals surface area contributed by atoms with Crippen LogP contribution in [0.15, 0.2) is 70.3 Å². The first-order valence-corrected chi connectivity index (χ1v) is 11.9. The van der Waals surface area contributed by atoms with Crippen LogP contribution >= 0.6 is 0 Å². The zero-order chi connectivity index (χ0) is 24.5. The maximum Gasteiger partial charge on any atom is 0.329 e. The molecule has 0 radical (unpaired) electrons. The Morgan fingerprint density at radius 2 is 1.51 bits per heavy atom. The molecule has 0 aliphatic carbocycles. The number of aryl methyl sites for hydroxylation is 1. The molecule has 1 aliphatic heterocycles. The molecule has 1 atom stereocenters. The van der Waals surface area contributed by atoms with E-state index in [-0.39, 0.29) is 12.6 Å². The summed E-state index contributed by atoms with van der Waals surface area (Å²) in [7, 11) is 1.59. The molecule has 1 saturated heterocycles. The van der Waals surface area contributed by atoms with Gasteiger partial charge in [0.2, 0.25) is 5.95 Å². The van der Waals surface area contributed by atoms with Crippen LogP contribution in [0.2, 0.25) is 0 Å². The van der Waals surface area contributed by atoms with Gasteiger partial charge in [0.05, 0.1) is 18.7 Å². The topological polar surface area (TPSA) is 99.4 Å². The van der Waals surface area contributed by atoms with Gasteiger partial charge in [-0.05, 0) is 18.1 Å². The highest BCUT2D eigenvalue weighted by molar-refractivity contribution is 5.74. The normalized spacial score (nSPS) is 15.7. The number of nitrogens with one attached hydrogen (secondary N) is 1. The number of aromatic nitrogens is 4. The quantitative estimate of drug-likeness (QED) is 0.442. The maximum absolute atomic E-state index is 12.7. The molecule has 1 aliphatic rings. The van der Waals surface area contributed by atoms with Crippen LogP contribution in [0.5, 0.6) is 0 Å². The van der Waals surface area contributed by atoms with E-state index in [1.807, 2.05) is 12.1 Å². The molecule has 0 saturated carbocycles. The molecule has 2 aromatic heterocycles. The summed E-state index contributed by atoms with van der Waals surface area (Å²) in [5, 5.41) is 10.1. The monoisotopic (exact) mass is 474 g/mol. The number of piperazine rings is 1. The molecular weight excluding hydrogens is 444 g/mol. The van der Waals surface area contributed by atoms with E-state index in [0.29, 0.717) is 30.2 Å². The number of aliphatic hydroxyl groups excluding tert-OH is 1. The van der Waals surface area contributed by atoms with Gasteiger partial charge in [-0.15, -0.1) is 0 Å². The predicted molar refractivity (Wildman–Crippen MR) is 136 cm³/mol. The highest BCUT2D eigenvalue weighted by Gasteiger charge is 2.29. The smallest absolute Gasteiger partial charge is 0.329 e. The van der Waals surface area contributed by atoms with E-state index < -0.39 is 17.4 Å². The molecule has 35 heavy (non-hydrogen) atoms. The Morgan fingerprint density at radius 1 is 0.943 bits per heavy atom. The van der Waals surface area contributed by atoms with Crippen molar-refractivity contribution in [1.29, 1.82) is 0 Å². The number of rotatable bonds is 6. The van der Waals surface area contributed by atoms with Crippen molar-refractivity contribution in [3.8, 4) is 0 Å². The lowest BCUT2D eigenvalue weighted by Gasteiger charge is -2.40. The van der Waals surface area contributed by atoms with Crippen molar-refractivity contribution in [3.05, 3.63) is 92.6 Å². The second-order valence-electron chi connectivity index (χ2n) is 9.11. The molecule has 0 amide bonds. The summed E-state index contributed by atoms with van der Waals surface area (Å²) < 4.78 is 3.08. The van der Waals surface area contributed by atoms with E-state index in [2.05, 4.69) is 63.3 Å². The number of hydrogen-bond donors (Lipinski definition) is 2. The summed E-state index contributed by atoms with van der Waals surface area (Å²) in [5.41, 5.74) is 2.12. The van der Waals surface area contributed by atoms with E-state index in [4.69, 9.17) is 4.98 Å². The van der Waals surface area contributed by atoms with Crippen LogP contribution in [0.1, 0.15) is 24.1 Å². The second-order valence-corrected chi connectivity index (χ2v) is 9.11. The number of hydrogen-bond acceptors (Lipinski definition) is 6. The molecule has 4 aromatic rings. The molecule has 5 rings (SSSR count). The SMILES string of the molecule is CC(O)Cn1c(N2CCN(C(c3ccccc3)c3ccccc3)CC2)nc2c1c(=O)[nH]c(=O)n2C. The fourth-order valence-corrected chi connectivity index (χ4v) is 4.97. The van der Waals surface area contributed by atoms with Gasteiger partial charge < -0.3 is 14.6 Å². The molecule has 9 heteroatoms. The molecule has 9 nitrogen and oxygen atoms in total. The Balaban J connectivity index is 1.47. The zero-order valence-electron chi connectivity index (χ0n) is 20.0. The van der Waals surface area contributed by atoms with Gasteiger partial charge in [0.1, 0.15) is 0 Å². The maximum atomic E-state index is 12.7. The van der Waals surface area contributed by atoms with E-state index >= 15 is 0 Å². The predicted octanol–water partition coefficient (Wildman–Crippen LogP) is 1.72. The first kappa shape index (κ1) is 23.1. The lowest BCUT2D eigenvalue weighted by molar-refractivity contribution is 0.174. The van der Waals surface area contributed by atoms with Gasteiger partial charge in [-0.3, -0.25) is 19.2 Å². The second kappa shape index (κ2) is 9.52. The first-order chi connectivity index (χ1) is 16.9. The van der Waals surface area contributed by atoms with Crippen LogP contribution in [0, 0.1) is 0 Å². The number of anilines is 1. The summed E-state index contributed by atoms with van der Waals surface area (Å²) in [6.07, 6.45) is -0.676. The Labute approximate surface area is 202 Å². The van der Waals surface area contributed by atoms with Crippen molar-refractivity contribution < 1.29 is 5.11 Å². The standard InChI is InChI=1S/C26H30N6O3/c1-18(33)17-32-22-23(29(2)26(35)28-24(22)34)27-25(32)31-15-13-30(14-16-31)21(19-9-5-3-6-10-19)20-11-7-4-8-12-20/h3-12,18,21,33H,13-17H2,1-2H3,(H,28,34,35). The summed E-state index contributed by atoms with van der Waals surface area (Å²) in [6.45, 7) is 4.87. The molecule has 1 fully saturated rings. The van der Waals surface area contributed by atoms with Crippen molar-refractivity contribution >= 4 is 17.1 Å².